The van der Waals surface area contributed by atoms with Crippen molar-refractivity contribution in [3.05, 3.63) is 0 Å². The third-order valence-corrected chi connectivity index (χ3v) is 2.39. The van der Waals surface area contributed by atoms with Gasteiger partial charge in [0.25, 0.3) is 0 Å². The quantitative estimate of drug-likeness (QED) is 0.780. The van der Waals surface area contributed by atoms with Crippen molar-refractivity contribution in [2.24, 2.45) is 11.3 Å². The average Bonchev–Trinajstić information content (AvgIpc) is 2.10. The van der Waals surface area contributed by atoms with Crippen LogP contribution in [0.2, 0.25) is 0 Å². The lowest BCUT2D eigenvalue weighted by Gasteiger charge is -2.23. The minimum Gasteiger partial charge on any atom is -0.340 e. The highest BCUT2D eigenvalue weighted by molar-refractivity contribution is 5.76. The van der Waals surface area contributed by atoms with E-state index in [0.717, 1.165) is 6.42 Å². The zero-order valence-electron chi connectivity index (χ0n) is 11.1. The van der Waals surface area contributed by atoms with Crippen LogP contribution in [0.3, 0.4) is 0 Å². The number of amides is 1. The summed E-state index contributed by atoms with van der Waals surface area (Å²) in [4.78, 5) is 11.6. The van der Waals surface area contributed by atoms with Gasteiger partial charge in [-0.3, -0.25) is 4.79 Å². The van der Waals surface area contributed by atoms with Gasteiger partial charge in [0.15, 0.2) is 0 Å². The molecule has 0 aromatic heterocycles. The van der Waals surface area contributed by atoms with Gasteiger partial charge >= 0.3 is 0 Å². The number of hydrogen-bond donors (Lipinski definition) is 1. The molecule has 0 saturated carbocycles. The normalized spacial score (nSPS) is 15.0. The minimum atomic E-state index is -0.339. The summed E-state index contributed by atoms with van der Waals surface area (Å²) in [6.07, 6.45) is 2.19. The number of carbonyl (C=O) groups excluding carboxylic acids is 1. The Kier molecular flexibility index (Phi) is 6.10. The van der Waals surface area contributed by atoms with Crippen LogP contribution in [0.15, 0.2) is 0 Å². The van der Waals surface area contributed by atoms with Crippen molar-refractivity contribution >= 4 is 5.91 Å². The van der Waals surface area contributed by atoms with Crippen molar-refractivity contribution in [1.82, 2.24) is 5.32 Å². The molecule has 1 N–H and O–H groups in total. The van der Waals surface area contributed by atoms with Crippen LogP contribution in [0.25, 0.3) is 0 Å². The monoisotopic (exact) mass is 224 g/mol. The van der Waals surface area contributed by atoms with Crippen molar-refractivity contribution in [3.8, 4) is 6.07 Å². The number of nitrogens with zero attached hydrogens (tertiary/aromatic N) is 1. The van der Waals surface area contributed by atoms with E-state index < -0.39 is 0 Å². The molecule has 0 aliphatic rings. The van der Waals surface area contributed by atoms with Gasteiger partial charge in [-0.15, -0.1) is 0 Å². The zero-order chi connectivity index (χ0) is 12.8. The van der Waals surface area contributed by atoms with Crippen molar-refractivity contribution in [2.45, 2.75) is 59.9 Å². The maximum atomic E-state index is 11.6. The second-order valence-corrected chi connectivity index (χ2v) is 5.73. The highest BCUT2D eigenvalue weighted by atomic mass is 16.1. The molecule has 0 radical (unpaired) electrons. The van der Waals surface area contributed by atoms with E-state index in [9.17, 15) is 4.79 Å². The molecule has 16 heavy (non-hydrogen) atoms. The molecule has 2 atom stereocenters. The third-order valence-electron chi connectivity index (χ3n) is 2.39. The molecule has 3 heteroatoms. The summed E-state index contributed by atoms with van der Waals surface area (Å²) in [5, 5.41) is 11.5. The standard InChI is InChI=1S/C13H24N2O/c1-6-11(9-14)15-12(16)7-10(2)8-13(3,4)5/h10-11H,6-8H2,1-5H3,(H,15,16). The fraction of sp³-hybridized carbons (Fsp3) is 0.846. The Bertz CT molecular complexity index is 260. The first-order valence-corrected chi connectivity index (χ1v) is 5.97. The molecule has 0 fully saturated rings. The molecule has 3 nitrogen and oxygen atoms in total. The van der Waals surface area contributed by atoms with Gasteiger partial charge in [0.1, 0.15) is 6.04 Å². The summed E-state index contributed by atoms with van der Waals surface area (Å²) < 4.78 is 0. The molecule has 0 aromatic carbocycles. The second kappa shape index (κ2) is 6.52. The molecule has 0 spiro atoms. The number of carbonyl (C=O) groups is 1. The maximum Gasteiger partial charge on any atom is 0.221 e. The molecular formula is C13H24N2O. The Morgan fingerprint density at radius 1 is 1.44 bits per heavy atom. The molecule has 0 aromatic rings. The van der Waals surface area contributed by atoms with E-state index in [1.165, 1.54) is 0 Å². The van der Waals surface area contributed by atoms with Crippen molar-refractivity contribution < 1.29 is 4.79 Å². The van der Waals surface area contributed by atoms with E-state index in [1.54, 1.807) is 0 Å². The summed E-state index contributed by atoms with van der Waals surface area (Å²) in [5.41, 5.74) is 0.249. The van der Waals surface area contributed by atoms with E-state index in [0.29, 0.717) is 18.8 Å². The van der Waals surface area contributed by atoms with Gasteiger partial charge in [0.2, 0.25) is 5.91 Å². The predicted octanol–water partition coefficient (Wildman–Crippen LogP) is 2.87. The SMILES string of the molecule is CCC(C#N)NC(=O)CC(C)CC(C)(C)C. The Hall–Kier alpha value is -1.04. The molecular weight excluding hydrogens is 200 g/mol. The summed E-state index contributed by atoms with van der Waals surface area (Å²) in [6.45, 7) is 10.5. The summed E-state index contributed by atoms with van der Waals surface area (Å²) in [6, 6.07) is 1.73. The molecule has 92 valence electrons. The Morgan fingerprint density at radius 3 is 2.38 bits per heavy atom. The first-order chi connectivity index (χ1) is 7.28. The smallest absolute Gasteiger partial charge is 0.221 e. The van der Waals surface area contributed by atoms with E-state index >= 15 is 0 Å². The second-order valence-electron chi connectivity index (χ2n) is 5.73. The molecule has 2 unspecified atom stereocenters. The first-order valence-electron chi connectivity index (χ1n) is 5.97. The van der Waals surface area contributed by atoms with Gasteiger partial charge in [-0.1, -0.05) is 34.6 Å². The average molecular weight is 224 g/mol. The van der Waals surface area contributed by atoms with Crippen LogP contribution < -0.4 is 5.32 Å². The highest BCUT2D eigenvalue weighted by Crippen LogP contribution is 2.25. The van der Waals surface area contributed by atoms with E-state index in [2.05, 4.69) is 39.1 Å². The van der Waals surface area contributed by atoms with Crippen LogP contribution in [-0.4, -0.2) is 11.9 Å². The van der Waals surface area contributed by atoms with Gasteiger partial charge in [-0.25, -0.2) is 0 Å². The van der Waals surface area contributed by atoms with Gasteiger partial charge in [0, 0.05) is 6.42 Å². The van der Waals surface area contributed by atoms with E-state index in [4.69, 9.17) is 5.26 Å². The van der Waals surface area contributed by atoms with Gasteiger partial charge in [-0.2, -0.15) is 5.26 Å². The molecule has 1 amide bonds. The lowest BCUT2D eigenvalue weighted by Crippen LogP contribution is -2.34. The molecule has 0 heterocycles. The van der Waals surface area contributed by atoms with E-state index in [1.807, 2.05) is 6.92 Å². The third kappa shape index (κ3) is 7.28. The fourth-order valence-electron chi connectivity index (χ4n) is 1.91. The highest BCUT2D eigenvalue weighted by Gasteiger charge is 2.18. The van der Waals surface area contributed by atoms with Crippen LogP contribution in [0.1, 0.15) is 53.9 Å². The summed E-state index contributed by atoms with van der Waals surface area (Å²) in [5.74, 6) is 0.348. The van der Waals surface area contributed by atoms with Crippen LogP contribution in [0.4, 0.5) is 0 Å². The molecule has 0 rings (SSSR count). The molecule has 0 bridgehead atoms. The number of nitrogens with one attached hydrogen (secondary N) is 1. The minimum absolute atomic E-state index is 0.00912. The fourth-order valence-corrected chi connectivity index (χ4v) is 1.91. The largest absolute Gasteiger partial charge is 0.340 e. The Balaban J connectivity index is 4.01. The van der Waals surface area contributed by atoms with E-state index in [-0.39, 0.29) is 17.4 Å². The van der Waals surface area contributed by atoms with Crippen molar-refractivity contribution in [3.63, 3.8) is 0 Å². The molecule has 0 saturated heterocycles. The Labute approximate surface area is 99.2 Å². The zero-order valence-corrected chi connectivity index (χ0v) is 11.1. The lowest BCUT2D eigenvalue weighted by molar-refractivity contribution is -0.122. The number of hydrogen-bond acceptors (Lipinski definition) is 2. The van der Waals surface area contributed by atoms with Crippen molar-refractivity contribution in [2.75, 3.05) is 0 Å². The lowest BCUT2D eigenvalue weighted by atomic mass is 9.84. The van der Waals surface area contributed by atoms with Crippen LogP contribution >= 0.6 is 0 Å². The van der Waals surface area contributed by atoms with Crippen molar-refractivity contribution in [1.29, 1.82) is 5.26 Å². The van der Waals surface area contributed by atoms with Crippen LogP contribution in [-0.2, 0) is 4.79 Å². The molecule has 0 aliphatic heterocycles. The first kappa shape index (κ1) is 15.0. The van der Waals surface area contributed by atoms with Gasteiger partial charge < -0.3 is 5.32 Å². The molecule has 0 aliphatic carbocycles. The van der Waals surface area contributed by atoms with Gasteiger partial charge in [-0.05, 0) is 24.2 Å². The maximum absolute atomic E-state index is 11.6. The predicted molar refractivity (Wildman–Crippen MR) is 65.7 cm³/mol. The van der Waals surface area contributed by atoms with Crippen LogP contribution in [0, 0.1) is 22.7 Å². The summed E-state index contributed by atoms with van der Waals surface area (Å²) >= 11 is 0. The number of nitriles is 1. The number of rotatable bonds is 5. The topological polar surface area (TPSA) is 52.9 Å². The van der Waals surface area contributed by atoms with Crippen LogP contribution in [0.5, 0.6) is 0 Å². The van der Waals surface area contributed by atoms with Gasteiger partial charge in [0.05, 0.1) is 6.07 Å². The summed E-state index contributed by atoms with van der Waals surface area (Å²) in [7, 11) is 0. The Morgan fingerprint density at radius 2 is 2.00 bits per heavy atom.